The topological polar surface area (TPSA) is 96.2 Å². The van der Waals surface area contributed by atoms with Gasteiger partial charge in [-0.3, -0.25) is 0 Å². The van der Waals surface area contributed by atoms with Gasteiger partial charge < -0.3 is 29.6 Å². The third-order valence-corrected chi connectivity index (χ3v) is 8.16. The molecule has 1 aliphatic carbocycles. The lowest BCUT2D eigenvalue weighted by atomic mass is 9.67. The Kier molecular flexibility index (Phi) is 7.60. The second-order valence-corrected chi connectivity index (χ2v) is 10.6. The van der Waals surface area contributed by atoms with Crippen molar-refractivity contribution in [3.8, 4) is 11.5 Å². The zero-order valence-corrected chi connectivity index (χ0v) is 22.7. The van der Waals surface area contributed by atoms with Crippen molar-refractivity contribution in [2.45, 2.75) is 45.3 Å². The van der Waals surface area contributed by atoms with Gasteiger partial charge in [-0.1, -0.05) is 52.5 Å². The van der Waals surface area contributed by atoms with Crippen molar-refractivity contribution < 1.29 is 29.6 Å². The van der Waals surface area contributed by atoms with E-state index < -0.39 is 24.4 Å². The molecule has 0 spiro atoms. The van der Waals surface area contributed by atoms with Crippen LogP contribution in [0.3, 0.4) is 0 Å². The van der Waals surface area contributed by atoms with Crippen molar-refractivity contribution in [1.29, 1.82) is 0 Å². The molecule has 192 valence electrons. The van der Waals surface area contributed by atoms with Crippen molar-refractivity contribution in [2.24, 2.45) is 5.92 Å². The molecule has 36 heavy (non-hydrogen) atoms. The number of carbonyl (C=O) groups is 1. The summed E-state index contributed by atoms with van der Waals surface area (Å²) in [5.41, 5.74) is 1.09. The lowest BCUT2D eigenvalue weighted by Crippen LogP contribution is -2.52. The van der Waals surface area contributed by atoms with E-state index in [0.717, 1.165) is 0 Å². The summed E-state index contributed by atoms with van der Waals surface area (Å²) in [6, 6.07) is 4.99. The van der Waals surface area contributed by atoms with Gasteiger partial charge in [0, 0.05) is 12.0 Å². The fraction of sp³-hybridized carbons (Fsp3) is 0.346. The van der Waals surface area contributed by atoms with Gasteiger partial charge in [-0.2, -0.15) is 0 Å². The molecule has 10 heteroatoms. The number of aromatic hydroxyl groups is 1. The van der Waals surface area contributed by atoms with Crippen LogP contribution >= 0.6 is 46.4 Å². The fourth-order valence-electron chi connectivity index (χ4n) is 4.97. The maximum absolute atomic E-state index is 11.7. The number of halogens is 4. The molecule has 0 bridgehead atoms. The minimum atomic E-state index is -1.48. The van der Waals surface area contributed by atoms with Crippen LogP contribution in [0, 0.1) is 19.8 Å². The van der Waals surface area contributed by atoms with Gasteiger partial charge in [0.1, 0.15) is 51.6 Å². The molecule has 0 fully saturated rings. The third kappa shape index (κ3) is 4.28. The molecular weight excluding hydrogens is 550 g/mol. The van der Waals surface area contributed by atoms with E-state index in [2.05, 4.69) is 0 Å². The standard InChI is InChI=1S/C26H24Cl4O6/c1-11-7-18(27)19(28)9-15(11)26(35-10-31)16-6-12(2)22(33)20(29)24(16)36-25-17(26)8-14(5-4-13(3)32)23(34)21(25)30/h6-9,17,25,31,33-34H,4-5,10H2,1-3H3. The number of aliphatic hydroxyl groups excluding tert-OH is 2. The highest BCUT2D eigenvalue weighted by Gasteiger charge is 2.56. The van der Waals surface area contributed by atoms with Crippen LogP contribution in [0.4, 0.5) is 0 Å². The number of rotatable bonds is 6. The molecule has 1 heterocycles. The van der Waals surface area contributed by atoms with Crippen molar-refractivity contribution in [1.82, 2.24) is 0 Å². The maximum atomic E-state index is 11.7. The Morgan fingerprint density at radius 1 is 1.06 bits per heavy atom. The zero-order chi connectivity index (χ0) is 26.5. The van der Waals surface area contributed by atoms with Crippen LogP contribution in [-0.2, 0) is 15.1 Å². The highest BCUT2D eigenvalue weighted by molar-refractivity contribution is 6.42. The summed E-state index contributed by atoms with van der Waals surface area (Å²) in [6.45, 7) is 4.25. The van der Waals surface area contributed by atoms with Crippen molar-refractivity contribution in [2.75, 3.05) is 6.79 Å². The van der Waals surface area contributed by atoms with Gasteiger partial charge in [0.15, 0.2) is 0 Å². The van der Waals surface area contributed by atoms with Crippen LogP contribution in [-0.4, -0.2) is 34.0 Å². The van der Waals surface area contributed by atoms with Crippen LogP contribution in [0.5, 0.6) is 11.5 Å². The van der Waals surface area contributed by atoms with Gasteiger partial charge in [-0.25, -0.2) is 0 Å². The second-order valence-electron chi connectivity index (χ2n) is 8.98. The highest BCUT2D eigenvalue weighted by Crippen LogP contribution is 2.58. The van der Waals surface area contributed by atoms with Gasteiger partial charge in [-0.05, 0) is 67.7 Å². The first-order valence-corrected chi connectivity index (χ1v) is 12.6. The number of allylic oxidation sites excluding steroid dienone is 1. The largest absolute Gasteiger partial charge is 0.506 e. The monoisotopic (exact) mass is 572 g/mol. The number of fused-ring (bicyclic) bond motifs is 2. The van der Waals surface area contributed by atoms with Gasteiger partial charge in [0.05, 0.1) is 16.0 Å². The van der Waals surface area contributed by atoms with Crippen LogP contribution in [0.15, 0.2) is 40.6 Å². The summed E-state index contributed by atoms with van der Waals surface area (Å²) < 4.78 is 12.4. The number of ketones is 1. The first kappa shape index (κ1) is 27.1. The van der Waals surface area contributed by atoms with Gasteiger partial charge in [0.25, 0.3) is 0 Å². The predicted molar refractivity (Wildman–Crippen MR) is 139 cm³/mol. The molecule has 0 amide bonds. The molecule has 3 unspecified atom stereocenters. The van der Waals surface area contributed by atoms with E-state index in [1.807, 2.05) is 6.92 Å². The number of aliphatic hydroxyl groups is 2. The van der Waals surface area contributed by atoms with E-state index in [1.54, 1.807) is 31.2 Å². The molecule has 0 radical (unpaired) electrons. The molecule has 0 saturated carbocycles. The van der Waals surface area contributed by atoms with Crippen molar-refractivity contribution in [3.63, 3.8) is 0 Å². The molecule has 2 aromatic carbocycles. The molecule has 0 aromatic heterocycles. The fourth-order valence-corrected chi connectivity index (χ4v) is 5.95. The number of carbonyl (C=O) groups excluding carboxylic acids is 1. The Bertz CT molecular complexity index is 1320. The lowest BCUT2D eigenvalue weighted by Gasteiger charge is -2.49. The van der Waals surface area contributed by atoms with E-state index in [4.69, 9.17) is 55.9 Å². The molecule has 6 nitrogen and oxygen atoms in total. The summed E-state index contributed by atoms with van der Waals surface area (Å²) in [5.74, 6) is -1.09. The van der Waals surface area contributed by atoms with E-state index in [9.17, 15) is 20.1 Å². The summed E-state index contributed by atoms with van der Waals surface area (Å²) >= 11 is 25.9. The number of phenolic OH excluding ortho intramolecular Hbond substituents is 1. The highest BCUT2D eigenvalue weighted by atomic mass is 35.5. The first-order valence-electron chi connectivity index (χ1n) is 11.1. The Morgan fingerprint density at radius 3 is 2.36 bits per heavy atom. The molecule has 2 aliphatic rings. The van der Waals surface area contributed by atoms with Crippen LogP contribution in [0.2, 0.25) is 15.1 Å². The van der Waals surface area contributed by atoms with Gasteiger partial charge in [-0.15, -0.1) is 0 Å². The lowest BCUT2D eigenvalue weighted by molar-refractivity contribution is -0.142. The number of hydrogen-bond donors (Lipinski definition) is 3. The minimum Gasteiger partial charge on any atom is -0.506 e. The molecule has 0 saturated heterocycles. The maximum Gasteiger partial charge on any atom is 0.149 e. The number of Topliss-reactive ketones (excluding diaryl/α,β-unsaturated/α-hetero) is 1. The van der Waals surface area contributed by atoms with Crippen molar-refractivity contribution in [3.05, 3.63) is 78.0 Å². The normalized spacial score (nSPS) is 23.1. The molecule has 1 aliphatic heterocycles. The number of ether oxygens (including phenoxy) is 2. The number of hydrogen-bond acceptors (Lipinski definition) is 6. The third-order valence-electron chi connectivity index (χ3n) is 6.69. The van der Waals surface area contributed by atoms with Crippen LogP contribution in [0.1, 0.15) is 42.0 Å². The quantitative estimate of drug-likeness (QED) is 0.326. The van der Waals surface area contributed by atoms with E-state index >= 15 is 0 Å². The van der Waals surface area contributed by atoms with Crippen LogP contribution in [0.25, 0.3) is 0 Å². The van der Waals surface area contributed by atoms with Crippen molar-refractivity contribution >= 4 is 52.2 Å². The average molecular weight is 574 g/mol. The smallest absolute Gasteiger partial charge is 0.149 e. The number of benzene rings is 2. The Hall–Kier alpha value is -1.93. The van der Waals surface area contributed by atoms with E-state index in [-0.39, 0.29) is 51.0 Å². The second kappa shape index (κ2) is 10.1. The molecular formula is C26H24Cl4O6. The molecule has 2 aromatic rings. The molecule has 4 rings (SSSR count). The Morgan fingerprint density at radius 2 is 1.72 bits per heavy atom. The molecule has 3 N–H and O–H groups in total. The Balaban J connectivity index is 2.11. The average Bonchev–Trinajstić information content (AvgIpc) is 2.82. The summed E-state index contributed by atoms with van der Waals surface area (Å²) in [4.78, 5) is 11.7. The van der Waals surface area contributed by atoms with E-state index in [1.165, 1.54) is 6.92 Å². The SMILES string of the molecule is CC(=O)CCC1=CC2C(Oc3c(cc(C)c(O)c3Cl)C2(OCO)c2cc(Cl)c(Cl)cc2C)C(Cl)=C1O. The van der Waals surface area contributed by atoms with E-state index in [0.29, 0.717) is 32.8 Å². The first-order chi connectivity index (χ1) is 16.9. The number of aryl methyl sites for hydroxylation is 2. The summed E-state index contributed by atoms with van der Waals surface area (Å²) in [7, 11) is 0. The van der Waals surface area contributed by atoms with Crippen LogP contribution < -0.4 is 4.74 Å². The van der Waals surface area contributed by atoms with Gasteiger partial charge in [0.2, 0.25) is 0 Å². The predicted octanol–water partition coefficient (Wildman–Crippen LogP) is 6.87. The Labute approximate surface area is 228 Å². The zero-order valence-electron chi connectivity index (χ0n) is 19.7. The summed E-state index contributed by atoms with van der Waals surface area (Å²) in [5, 5.41) is 32.1. The molecule has 3 atom stereocenters. The number of phenols is 1. The summed E-state index contributed by atoms with van der Waals surface area (Å²) in [6.07, 6.45) is 1.16. The van der Waals surface area contributed by atoms with Gasteiger partial charge >= 0.3 is 0 Å². The minimum absolute atomic E-state index is 0.0218.